The molecule has 0 aromatic rings. The van der Waals surface area contributed by atoms with E-state index in [4.69, 9.17) is 4.74 Å². The minimum absolute atomic E-state index is 0.137. The van der Waals surface area contributed by atoms with Crippen molar-refractivity contribution >= 4 is 11.9 Å². The number of hydrogen-bond acceptors (Lipinski definition) is 5. The van der Waals surface area contributed by atoms with Gasteiger partial charge in [0, 0.05) is 13.0 Å². The van der Waals surface area contributed by atoms with Crippen molar-refractivity contribution in [3.8, 4) is 0 Å². The third-order valence-corrected chi connectivity index (χ3v) is 2.33. The second-order valence-corrected chi connectivity index (χ2v) is 3.93. The van der Waals surface area contributed by atoms with Crippen LogP contribution in [0.1, 0.15) is 20.3 Å². The van der Waals surface area contributed by atoms with Crippen molar-refractivity contribution in [3.63, 3.8) is 0 Å². The van der Waals surface area contributed by atoms with Crippen LogP contribution in [0.25, 0.3) is 0 Å². The van der Waals surface area contributed by atoms with Crippen molar-refractivity contribution in [3.05, 3.63) is 0 Å². The molecule has 2 atom stereocenters. The van der Waals surface area contributed by atoms with Gasteiger partial charge in [-0.1, -0.05) is 13.8 Å². The maximum atomic E-state index is 11.3. The van der Waals surface area contributed by atoms with Crippen molar-refractivity contribution in [2.75, 3.05) is 13.7 Å². The lowest BCUT2D eigenvalue weighted by Crippen LogP contribution is -2.31. The first-order valence-electron chi connectivity index (χ1n) is 5.06. The van der Waals surface area contributed by atoms with Crippen molar-refractivity contribution in [2.45, 2.75) is 32.4 Å². The molecular weight excluding hydrogens is 198 g/mol. The lowest BCUT2D eigenvalue weighted by atomic mass is 10.2. The highest BCUT2D eigenvalue weighted by Gasteiger charge is 2.32. The molecule has 5 nitrogen and oxygen atoms in total. The van der Waals surface area contributed by atoms with Crippen molar-refractivity contribution in [1.29, 1.82) is 0 Å². The summed E-state index contributed by atoms with van der Waals surface area (Å²) in [6, 6.07) is -0.347. The SMILES string of the molecule is COC(=O)[C@@H]1C[C@@H](OC(=O)C(C)C)CN1. The van der Waals surface area contributed by atoms with Crippen LogP contribution in [0.5, 0.6) is 0 Å². The number of methoxy groups -OCH3 is 1. The van der Waals surface area contributed by atoms with Crippen LogP contribution in [0.3, 0.4) is 0 Å². The Morgan fingerprint density at radius 3 is 2.60 bits per heavy atom. The number of nitrogens with one attached hydrogen (secondary N) is 1. The van der Waals surface area contributed by atoms with E-state index in [-0.39, 0.29) is 30.0 Å². The summed E-state index contributed by atoms with van der Waals surface area (Å²) in [6.07, 6.45) is 0.273. The van der Waals surface area contributed by atoms with E-state index in [1.165, 1.54) is 7.11 Å². The molecule has 0 saturated carbocycles. The van der Waals surface area contributed by atoms with E-state index in [0.29, 0.717) is 13.0 Å². The molecule has 0 amide bonds. The van der Waals surface area contributed by atoms with Crippen LogP contribution < -0.4 is 5.32 Å². The van der Waals surface area contributed by atoms with Crippen LogP contribution in [-0.2, 0) is 19.1 Å². The van der Waals surface area contributed by atoms with Gasteiger partial charge in [0.1, 0.15) is 12.1 Å². The molecule has 0 radical (unpaired) electrons. The van der Waals surface area contributed by atoms with Crippen LogP contribution in [0.4, 0.5) is 0 Å². The summed E-state index contributed by atoms with van der Waals surface area (Å²) in [5.74, 6) is -0.674. The number of hydrogen-bond donors (Lipinski definition) is 1. The lowest BCUT2D eigenvalue weighted by Gasteiger charge is -2.12. The maximum Gasteiger partial charge on any atom is 0.323 e. The van der Waals surface area contributed by atoms with E-state index in [1.807, 2.05) is 0 Å². The smallest absolute Gasteiger partial charge is 0.323 e. The Balaban J connectivity index is 2.37. The summed E-state index contributed by atoms with van der Waals surface area (Å²) in [6.45, 7) is 4.07. The van der Waals surface area contributed by atoms with E-state index in [0.717, 1.165) is 0 Å². The molecule has 86 valence electrons. The average molecular weight is 215 g/mol. The Kier molecular flexibility index (Phi) is 4.08. The molecule has 1 rings (SSSR count). The minimum atomic E-state index is -0.347. The zero-order chi connectivity index (χ0) is 11.4. The molecule has 0 spiro atoms. The highest BCUT2D eigenvalue weighted by molar-refractivity contribution is 5.76. The lowest BCUT2D eigenvalue weighted by molar-refractivity contribution is -0.152. The fourth-order valence-corrected chi connectivity index (χ4v) is 1.42. The fourth-order valence-electron chi connectivity index (χ4n) is 1.42. The predicted molar refractivity (Wildman–Crippen MR) is 53.1 cm³/mol. The van der Waals surface area contributed by atoms with Gasteiger partial charge in [-0.3, -0.25) is 9.59 Å². The summed E-state index contributed by atoms with van der Waals surface area (Å²) in [4.78, 5) is 22.4. The van der Waals surface area contributed by atoms with Gasteiger partial charge in [0.25, 0.3) is 0 Å². The van der Waals surface area contributed by atoms with Crippen molar-refractivity contribution in [1.82, 2.24) is 5.32 Å². The van der Waals surface area contributed by atoms with Gasteiger partial charge in [-0.15, -0.1) is 0 Å². The minimum Gasteiger partial charge on any atom is -0.468 e. The molecule has 1 heterocycles. The largest absolute Gasteiger partial charge is 0.468 e. The normalized spacial score (nSPS) is 25.3. The molecule has 0 aromatic heterocycles. The second-order valence-electron chi connectivity index (χ2n) is 3.93. The zero-order valence-corrected chi connectivity index (χ0v) is 9.28. The first-order chi connectivity index (χ1) is 7.04. The van der Waals surface area contributed by atoms with Crippen molar-refractivity contribution in [2.24, 2.45) is 5.92 Å². The summed E-state index contributed by atoms with van der Waals surface area (Å²) < 4.78 is 9.78. The Hall–Kier alpha value is -1.10. The molecule has 1 aliphatic rings. The number of rotatable bonds is 3. The van der Waals surface area contributed by atoms with Crippen LogP contribution >= 0.6 is 0 Å². The van der Waals surface area contributed by atoms with Gasteiger partial charge in [-0.2, -0.15) is 0 Å². The van der Waals surface area contributed by atoms with Crippen LogP contribution in [0.2, 0.25) is 0 Å². The Labute approximate surface area is 89.1 Å². The monoisotopic (exact) mass is 215 g/mol. The molecule has 1 fully saturated rings. The average Bonchev–Trinajstić information content (AvgIpc) is 2.65. The zero-order valence-electron chi connectivity index (χ0n) is 9.28. The molecule has 0 aliphatic carbocycles. The highest BCUT2D eigenvalue weighted by Crippen LogP contribution is 2.13. The number of carbonyl (C=O) groups excluding carboxylic acids is 2. The first kappa shape index (κ1) is 12.0. The first-order valence-corrected chi connectivity index (χ1v) is 5.06. The molecular formula is C10H17NO4. The van der Waals surface area contributed by atoms with Gasteiger partial charge >= 0.3 is 11.9 Å². The Morgan fingerprint density at radius 1 is 1.40 bits per heavy atom. The third kappa shape index (κ3) is 3.20. The third-order valence-electron chi connectivity index (χ3n) is 2.33. The molecule has 0 unspecified atom stereocenters. The number of esters is 2. The van der Waals surface area contributed by atoms with E-state index < -0.39 is 0 Å². The van der Waals surface area contributed by atoms with Crippen LogP contribution in [-0.4, -0.2) is 37.7 Å². The van der Waals surface area contributed by atoms with Gasteiger partial charge in [-0.25, -0.2) is 0 Å². The Bertz CT molecular complexity index is 252. The summed E-state index contributed by atoms with van der Waals surface area (Å²) >= 11 is 0. The van der Waals surface area contributed by atoms with E-state index in [9.17, 15) is 9.59 Å². The quantitative estimate of drug-likeness (QED) is 0.676. The fraction of sp³-hybridized carbons (Fsp3) is 0.800. The molecule has 1 aliphatic heterocycles. The van der Waals surface area contributed by atoms with Gasteiger partial charge in [-0.05, 0) is 0 Å². The van der Waals surface area contributed by atoms with E-state index in [2.05, 4.69) is 10.1 Å². The Morgan fingerprint density at radius 2 is 2.07 bits per heavy atom. The van der Waals surface area contributed by atoms with E-state index >= 15 is 0 Å². The van der Waals surface area contributed by atoms with E-state index in [1.54, 1.807) is 13.8 Å². The summed E-state index contributed by atoms with van der Waals surface area (Å²) in [5.41, 5.74) is 0. The molecule has 5 heteroatoms. The molecule has 15 heavy (non-hydrogen) atoms. The van der Waals surface area contributed by atoms with Gasteiger partial charge in [0.05, 0.1) is 13.0 Å². The standard InChI is InChI=1S/C10H17NO4/c1-6(2)9(12)15-7-4-8(11-5-7)10(13)14-3/h6-8,11H,4-5H2,1-3H3/t7-,8+/m1/s1. The number of carbonyl (C=O) groups is 2. The second kappa shape index (κ2) is 5.11. The van der Waals surface area contributed by atoms with Gasteiger partial charge in [0.2, 0.25) is 0 Å². The number of ether oxygens (including phenoxy) is 2. The van der Waals surface area contributed by atoms with Crippen molar-refractivity contribution < 1.29 is 19.1 Å². The molecule has 0 bridgehead atoms. The maximum absolute atomic E-state index is 11.3. The molecule has 1 saturated heterocycles. The summed E-state index contributed by atoms with van der Waals surface area (Å²) in [7, 11) is 1.34. The molecule has 0 aromatic carbocycles. The van der Waals surface area contributed by atoms with Gasteiger partial charge < -0.3 is 14.8 Å². The summed E-state index contributed by atoms with van der Waals surface area (Å²) in [5, 5.41) is 2.95. The van der Waals surface area contributed by atoms with Crippen LogP contribution in [0.15, 0.2) is 0 Å². The highest BCUT2D eigenvalue weighted by atomic mass is 16.5. The van der Waals surface area contributed by atoms with Gasteiger partial charge in [0.15, 0.2) is 0 Å². The topological polar surface area (TPSA) is 64.6 Å². The molecule has 1 N–H and O–H groups in total. The predicted octanol–water partition coefficient (Wildman–Crippen LogP) is 0.0891. The van der Waals surface area contributed by atoms with Crippen LogP contribution in [0, 0.1) is 5.92 Å².